The molecule has 1 saturated heterocycles. The lowest BCUT2D eigenvalue weighted by molar-refractivity contribution is 0.0400. The van der Waals surface area contributed by atoms with Crippen LogP contribution in [0.3, 0.4) is 0 Å². The second-order valence-corrected chi connectivity index (χ2v) is 7.14. The van der Waals surface area contributed by atoms with Gasteiger partial charge in [-0.1, -0.05) is 24.4 Å². The zero-order valence-corrected chi connectivity index (χ0v) is 12.7. The summed E-state index contributed by atoms with van der Waals surface area (Å²) in [4.78, 5) is 4.51. The fourth-order valence-corrected chi connectivity index (χ4v) is 4.06. The standard InChI is InChI=1S/C14H23N3O2S/c15-14(6-8-18-9-7-14)13-16-12(17-19-13)10-20-11-4-2-1-3-5-11/h11H,1-10,15H2. The highest BCUT2D eigenvalue weighted by Gasteiger charge is 2.35. The van der Waals surface area contributed by atoms with Crippen molar-refractivity contribution >= 4 is 11.8 Å². The minimum absolute atomic E-state index is 0.487. The topological polar surface area (TPSA) is 74.2 Å². The van der Waals surface area contributed by atoms with Gasteiger partial charge < -0.3 is 15.0 Å². The van der Waals surface area contributed by atoms with Gasteiger partial charge in [0.1, 0.15) is 5.54 Å². The van der Waals surface area contributed by atoms with Crippen LogP contribution in [0.1, 0.15) is 56.7 Å². The summed E-state index contributed by atoms with van der Waals surface area (Å²) >= 11 is 1.96. The molecule has 20 heavy (non-hydrogen) atoms. The molecule has 0 unspecified atom stereocenters. The van der Waals surface area contributed by atoms with E-state index in [1.54, 1.807) is 0 Å². The van der Waals surface area contributed by atoms with Crippen LogP contribution in [0.15, 0.2) is 4.52 Å². The quantitative estimate of drug-likeness (QED) is 0.920. The van der Waals surface area contributed by atoms with Gasteiger partial charge in [-0.2, -0.15) is 16.7 Å². The van der Waals surface area contributed by atoms with Crippen LogP contribution >= 0.6 is 11.8 Å². The molecule has 0 radical (unpaired) electrons. The maximum atomic E-state index is 6.35. The lowest BCUT2D eigenvalue weighted by Gasteiger charge is -2.29. The summed E-state index contributed by atoms with van der Waals surface area (Å²) < 4.78 is 10.7. The minimum Gasteiger partial charge on any atom is -0.381 e. The first-order chi connectivity index (χ1) is 9.76. The summed E-state index contributed by atoms with van der Waals surface area (Å²) in [5, 5.41) is 4.86. The van der Waals surface area contributed by atoms with Gasteiger partial charge in [-0.15, -0.1) is 0 Å². The Hall–Kier alpha value is -0.590. The van der Waals surface area contributed by atoms with Crippen LogP contribution in [0.2, 0.25) is 0 Å². The molecular weight excluding hydrogens is 274 g/mol. The molecule has 0 amide bonds. The van der Waals surface area contributed by atoms with E-state index in [4.69, 9.17) is 15.0 Å². The summed E-state index contributed by atoms with van der Waals surface area (Å²) in [5.74, 6) is 2.20. The average molecular weight is 297 g/mol. The summed E-state index contributed by atoms with van der Waals surface area (Å²) in [7, 11) is 0. The Morgan fingerprint density at radius 3 is 2.70 bits per heavy atom. The highest BCUT2D eigenvalue weighted by molar-refractivity contribution is 7.99. The second kappa shape index (κ2) is 6.45. The first-order valence-corrected chi connectivity index (χ1v) is 8.62. The van der Waals surface area contributed by atoms with E-state index in [0.29, 0.717) is 19.1 Å². The van der Waals surface area contributed by atoms with Crippen molar-refractivity contribution in [1.29, 1.82) is 0 Å². The predicted molar refractivity (Wildman–Crippen MR) is 78.4 cm³/mol. The van der Waals surface area contributed by atoms with Crippen molar-refractivity contribution in [2.24, 2.45) is 5.73 Å². The Bertz CT molecular complexity index is 426. The van der Waals surface area contributed by atoms with Crippen molar-refractivity contribution in [3.63, 3.8) is 0 Å². The van der Waals surface area contributed by atoms with Crippen LogP contribution in [-0.4, -0.2) is 28.6 Å². The molecule has 0 atom stereocenters. The fourth-order valence-electron chi connectivity index (χ4n) is 2.89. The van der Waals surface area contributed by atoms with Crippen LogP contribution in [-0.2, 0) is 16.0 Å². The number of ether oxygens (including phenoxy) is 1. The van der Waals surface area contributed by atoms with Gasteiger partial charge >= 0.3 is 0 Å². The molecule has 1 aromatic heterocycles. The SMILES string of the molecule is NC1(c2nc(CSC3CCCCC3)no2)CCOCC1. The molecule has 0 bridgehead atoms. The Morgan fingerprint density at radius 2 is 1.95 bits per heavy atom. The van der Waals surface area contributed by atoms with Crippen molar-refractivity contribution in [3.05, 3.63) is 11.7 Å². The predicted octanol–water partition coefficient (Wildman–Crippen LogP) is 2.60. The van der Waals surface area contributed by atoms with E-state index < -0.39 is 5.54 Å². The average Bonchev–Trinajstić information content (AvgIpc) is 2.97. The largest absolute Gasteiger partial charge is 0.381 e. The highest BCUT2D eigenvalue weighted by atomic mass is 32.2. The number of hydrogen-bond acceptors (Lipinski definition) is 6. The Kier molecular flexibility index (Phi) is 4.63. The van der Waals surface area contributed by atoms with Gasteiger partial charge in [-0.25, -0.2) is 0 Å². The van der Waals surface area contributed by atoms with Gasteiger partial charge in [-0.3, -0.25) is 0 Å². The number of hydrogen-bond donors (Lipinski definition) is 1. The van der Waals surface area contributed by atoms with Crippen molar-refractivity contribution < 1.29 is 9.26 Å². The fraction of sp³-hybridized carbons (Fsp3) is 0.857. The molecule has 3 rings (SSSR count). The molecule has 1 aromatic rings. The van der Waals surface area contributed by atoms with Crippen LogP contribution in [0.25, 0.3) is 0 Å². The molecule has 2 aliphatic rings. The molecular formula is C14H23N3O2S. The second-order valence-electron chi connectivity index (χ2n) is 5.86. The van der Waals surface area contributed by atoms with Crippen LogP contribution in [0.4, 0.5) is 0 Å². The molecule has 6 heteroatoms. The van der Waals surface area contributed by atoms with E-state index in [9.17, 15) is 0 Å². The number of nitrogens with two attached hydrogens (primary N) is 1. The summed E-state index contributed by atoms with van der Waals surface area (Å²) in [6.07, 6.45) is 8.28. The van der Waals surface area contributed by atoms with Gasteiger partial charge in [0.05, 0.1) is 5.75 Å². The zero-order chi connectivity index (χ0) is 13.8. The monoisotopic (exact) mass is 297 g/mol. The number of rotatable bonds is 4. The smallest absolute Gasteiger partial charge is 0.246 e. The Labute approximate surface area is 124 Å². The maximum Gasteiger partial charge on any atom is 0.246 e. The molecule has 2 N–H and O–H groups in total. The minimum atomic E-state index is -0.487. The van der Waals surface area contributed by atoms with Crippen molar-refractivity contribution in [2.45, 2.75) is 61.5 Å². The molecule has 0 aromatic carbocycles. The van der Waals surface area contributed by atoms with Crippen molar-refractivity contribution in [3.8, 4) is 0 Å². The molecule has 0 spiro atoms. The third-order valence-electron chi connectivity index (χ3n) is 4.28. The van der Waals surface area contributed by atoms with Crippen LogP contribution < -0.4 is 5.73 Å². The molecule has 5 nitrogen and oxygen atoms in total. The van der Waals surface area contributed by atoms with Gasteiger partial charge in [0.25, 0.3) is 0 Å². The lowest BCUT2D eigenvalue weighted by Crippen LogP contribution is -2.42. The van der Waals surface area contributed by atoms with Gasteiger partial charge in [-0.05, 0) is 25.7 Å². The molecule has 1 saturated carbocycles. The number of thioether (sulfide) groups is 1. The molecule has 2 fully saturated rings. The molecule has 112 valence electrons. The lowest BCUT2D eigenvalue weighted by atomic mass is 9.91. The maximum absolute atomic E-state index is 6.35. The van der Waals surface area contributed by atoms with E-state index in [-0.39, 0.29) is 0 Å². The van der Waals surface area contributed by atoms with Gasteiger partial charge in [0.15, 0.2) is 5.82 Å². The van der Waals surface area contributed by atoms with Gasteiger partial charge in [0, 0.05) is 18.5 Å². The highest BCUT2D eigenvalue weighted by Crippen LogP contribution is 2.31. The molecule has 1 aliphatic heterocycles. The van der Waals surface area contributed by atoms with Crippen molar-refractivity contribution in [2.75, 3.05) is 13.2 Å². The third kappa shape index (κ3) is 3.35. The van der Waals surface area contributed by atoms with E-state index >= 15 is 0 Å². The summed E-state index contributed by atoms with van der Waals surface area (Å²) in [6, 6.07) is 0. The Balaban J connectivity index is 1.56. The normalized spacial score (nSPS) is 23.9. The summed E-state index contributed by atoms with van der Waals surface area (Å²) in [5.41, 5.74) is 5.86. The number of aromatic nitrogens is 2. The summed E-state index contributed by atoms with van der Waals surface area (Å²) in [6.45, 7) is 1.34. The zero-order valence-electron chi connectivity index (χ0n) is 11.8. The van der Waals surface area contributed by atoms with Gasteiger partial charge in [0.2, 0.25) is 5.89 Å². The first-order valence-electron chi connectivity index (χ1n) is 7.58. The van der Waals surface area contributed by atoms with E-state index in [1.165, 1.54) is 32.1 Å². The molecule has 2 heterocycles. The van der Waals surface area contributed by atoms with Crippen LogP contribution in [0, 0.1) is 0 Å². The third-order valence-corrected chi connectivity index (χ3v) is 5.65. The number of nitrogens with zero attached hydrogens (tertiary/aromatic N) is 2. The Morgan fingerprint density at radius 1 is 1.20 bits per heavy atom. The molecule has 1 aliphatic carbocycles. The van der Waals surface area contributed by atoms with E-state index in [1.807, 2.05) is 11.8 Å². The van der Waals surface area contributed by atoms with E-state index in [0.717, 1.165) is 29.7 Å². The van der Waals surface area contributed by atoms with E-state index in [2.05, 4.69) is 10.1 Å². The van der Waals surface area contributed by atoms with Crippen molar-refractivity contribution in [1.82, 2.24) is 10.1 Å². The van der Waals surface area contributed by atoms with Crippen LogP contribution in [0.5, 0.6) is 0 Å². The first kappa shape index (κ1) is 14.4.